The lowest BCUT2D eigenvalue weighted by Gasteiger charge is -2.32. The quantitative estimate of drug-likeness (QED) is 0.798. The van der Waals surface area contributed by atoms with Crippen LogP contribution in [0.4, 0.5) is 5.82 Å². The van der Waals surface area contributed by atoms with E-state index in [0.717, 1.165) is 38.4 Å². The lowest BCUT2D eigenvalue weighted by Crippen LogP contribution is -2.37. The van der Waals surface area contributed by atoms with E-state index >= 15 is 0 Å². The maximum atomic E-state index is 8.86. The van der Waals surface area contributed by atoms with E-state index in [1.165, 1.54) is 0 Å². The molecule has 2 heterocycles. The lowest BCUT2D eigenvalue weighted by atomic mass is 10.1. The van der Waals surface area contributed by atoms with Gasteiger partial charge >= 0.3 is 0 Å². The van der Waals surface area contributed by atoms with Crippen LogP contribution in [0.1, 0.15) is 25.3 Å². The summed E-state index contributed by atoms with van der Waals surface area (Å²) in [5.41, 5.74) is 0.668. The molecule has 1 aromatic rings. The minimum absolute atomic E-state index is 0.385. The van der Waals surface area contributed by atoms with E-state index in [2.05, 4.69) is 16.0 Å². The molecule has 0 atom stereocenters. The Kier molecular flexibility index (Phi) is 3.94. The summed E-state index contributed by atoms with van der Waals surface area (Å²) in [6.45, 7) is 4.72. The number of ether oxygens (including phenoxy) is 1. The summed E-state index contributed by atoms with van der Waals surface area (Å²) >= 11 is 0. The summed E-state index contributed by atoms with van der Waals surface area (Å²) in [6.07, 6.45) is 4.15. The molecule has 0 radical (unpaired) electrons. The van der Waals surface area contributed by atoms with E-state index in [4.69, 9.17) is 10.00 Å². The van der Waals surface area contributed by atoms with Crippen LogP contribution in [0.25, 0.3) is 0 Å². The summed E-state index contributed by atoms with van der Waals surface area (Å²) < 4.78 is 5.61. The second kappa shape index (κ2) is 5.65. The van der Waals surface area contributed by atoms with Crippen molar-refractivity contribution in [1.82, 2.24) is 4.98 Å². The number of anilines is 1. The highest BCUT2D eigenvalue weighted by molar-refractivity contribution is 5.45. The topological polar surface area (TPSA) is 49.1 Å². The van der Waals surface area contributed by atoms with Crippen molar-refractivity contribution in [2.75, 3.05) is 24.6 Å². The molecule has 0 unspecified atom stereocenters. The molecule has 1 fully saturated rings. The van der Waals surface area contributed by atoms with Crippen molar-refractivity contribution in [1.29, 1.82) is 5.26 Å². The first-order valence-electron chi connectivity index (χ1n) is 6.06. The Morgan fingerprint density at radius 1 is 1.53 bits per heavy atom. The minimum Gasteiger partial charge on any atom is -0.378 e. The fourth-order valence-electron chi connectivity index (χ4n) is 2.15. The van der Waals surface area contributed by atoms with Crippen LogP contribution in [0.3, 0.4) is 0 Å². The van der Waals surface area contributed by atoms with Gasteiger partial charge in [-0.25, -0.2) is 4.98 Å². The van der Waals surface area contributed by atoms with Crippen LogP contribution in [-0.2, 0) is 4.74 Å². The normalized spacial score (nSPS) is 16.8. The van der Waals surface area contributed by atoms with E-state index < -0.39 is 0 Å². The van der Waals surface area contributed by atoms with Gasteiger partial charge < -0.3 is 9.64 Å². The lowest BCUT2D eigenvalue weighted by molar-refractivity contribution is 0.0458. The maximum Gasteiger partial charge on any atom is 0.129 e. The van der Waals surface area contributed by atoms with Gasteiger partial charge in [0.05, 0.1) is 17.7 Å². The molecule has 1 aliphatic heterocycles. The summed E-state index contributed by atoms with van der Waals surface area (Å²) in [6, 6.07) is 5.72. The Morgan fingerprint density at radius 2 is 2.29 bits per heavy atom. The van der Waals surface area contributed by atoms with Crippen molar-refractivity contribution in [3.05, 3.63) is 23.9 Å². The first-order valence-corrected chi connectivity index (χ1v) is 6.06. The number of nitriles is 1. The fraction of sp³-hybridized carbons (Fsp3) is 0.538. The average Bonchev–Trinajstić information content (AvgIpc) is 2.40. The van der Waals surface area contributed by atoms with Crippen LogP contribution in [0.2, 0.25) is 0 Å². The standard InChI is InChI=1S/C13H17N3O/c1-2-17-12-4-7-16(8-5-12)13-9-11(10-14)3-6-15-13/h3,6,9,12H,2,4-5,7-8H2,1H3. The predicted octanol–water partition coefficient (Wildman–Crippen LogP) is 1.96. The van der Waals surface area contributed by atoms with Gasteiger partial charge in [0.25, 0.3) is 0 Å². The van der Waals surface area contributed by atoms with E-state index in [-0.39, 0.29) is 0 Å². The molecular formula is C13H17N3O. The van der Waals surface area contributed by atoms with Crippen LogP contribution in [0.5, 0.6) is 0 Å². The largest absolute Gasteiger partial charge is 0.378 e. The fourth-order valence-corrected chi connectivity index (χ4v) is 2.15. The molecule has 2 rings (SSSR count). The monoisotopic (exact) mass is 231 g/mol. The molecule has 1 saturated heterocycles. The number of rotatable bonds is 3. The molecule has 4 nitrogen and oxygen atoms in total. The van der Waals surface area contributed by atoms with Gasteiger partial charge in [0.1, 0.15) is 5.82 Å². The smallest absolute Gasteiger partial charge is 0.129 e. The molecule has 1 aromatic heterocycles. The zero-order chi connectivity index (χ0) is 12.1. The van der Waals surface area contributed by atoms with E-state index in [0.29, 0.717) is 11.7 Å². The van der Waals surface area contributed by atoms with Crippen molar-refractivity contribution in [3.63, 3.8) is 0 Å². The third kappa shape index (κ3) is 2.95. The number of hydrogen-bond donors (Lipinski definition) is 0. The van der Waals surface area contributed by atoms with Gasteiger partial charge in [0, 0.05) is 25.9 Å². The molecule has 1 aliphatic rings. The van der Waals surface area contributed by atoms with Gasteiger partial charge in [-0.1, -0.05) is 0 Å². The summed E-state index contributed by atoms with van der Waals surface area (Å²) in [5, 5.41) is 8.86. The van der Waals surface area contributed by atoms with Gasteiger partial charge in [-0.2, -0.15) is 5.26 Å². The molecule has 17 heavy (non-hydrogen) atoms. The van der Waals surface area contributed by atoms with Gasteiger partial charge in [-0.3, -0.25) is 0 Å². The third-order valence-electron chi connectivity index (χ3n) is 3.04. The highest BCUT2D eigenvalue weighted by Gasteiger charge is 2.20. The summed E-state index contributed by atoms with van der Waals surface area (Å²) in [5.74, 6) is 0.902. The summed E-state index contributed by atoms with van der Waals surface area (Å²) in [7, 11) is 0. The van der Waals surface area contributed by atoms with E-state index in [9.17, 15) is 0 Å². The van der Waals surface area contributed by atoms with Crippen LogP contribution < -0.4 is 4.90 Å². The molecule has 0 N–H and O–H groups in total. The SMILES string of the molecule is CCOC1CCN(c2cc(C#N)ccn2)CC1. The first kappa shape index (κ1) is 11.9. The zero-order valence-electron chi connectivity index (χ0n) is 10.1. The van der Waals surface area contributed by atoms with E-state index in [1.54, 1.807) is 12.3 Å². The Bertz CT molecular complexity index is 405. The highest BCUT2D eigenvalue weighted by Crippen LogP contribution is 2.20. The van der Waals surface area contributed by atoms with Crippen LogP contribution in [-0.4, -0.2) is 30.8 Å². The Morgan fingerprint density at radius 3 is 2.94 bits per heavy atom. The van der Waals surface area contributed by atoms with Crippen molar-refractivity contribution >= 4 is 5.82 Å². The van der Waals surface area contributed by atoms with Crippen molar-refractivity contribution < 1.29 is 4.74 Å². The van der Waals surface area contributed by atoms with E-state index in [1.807, 2.05) is 13.0 Å². The maximum absolute atomic E-state index is 8.86. The van der Waals surface area contributed by atoms with Crippen LogP contribution in [0, 0.1) is 11.3 Å². The second-order valence-electron chi connectivity index (χ2n) is 4.16. The van der Waals surface area contributed by atoms with Gasteiger partial charge in [0.2, 0.25) is 0 Å². The number of piperidine rings is 1. The number of pyridine rings is 1. The van der Waals surface area contributed by atoms with Crippen LogP contribution in [0.15, 0.2) is 18.3 Å². The molecule has 4 heteroatoms. The molecule has 0 spiro atoms. The summed E-state index contributed by atoms with van der Waals surface area (Å²) in [4.78, 5) is 6.53. The number of hydrogen-bond acceptors (Lipinski definition) is 4. The Balaban J connectivity index is 1.98. The van der Waals surface area contributed by atoms with Crippen molar-refractivity contribution in [3.8, 4) is 6.07 Å². The van der Waals surface area contributed by atoms with Gasteiger partial charge in [-0.15, -0.1) is 0 Å². The molecular weight excluding hydrogens is 214 g/mol. The minimum atomic E-state index is 0.385. The molecule has 0 amide bonds. The average molecular weight is 231 g/mol. The number of nitrogens with zero attached hydrogens (tertiary/aromatic N) is 3. The van der Waals surface area contributed by atoms with Gasteiger partial charge in [-0.05, 0) is 31.9 Å². The molecule has 0 aliphatic carbocycles. The zero-order valence-corrected chi connectivity index (χ0v) is 10.1. The van der Waals surface area contributed by atoms with Crippen molar-refractivity contribution in [2.24, 2.45) is 0 Å². The Labute approximate surface area is 102 Å². The molecule has 0 aromatic carbocycles. The third-order valence-corrected chi connectivity index (χ3v) is 3.04. The Hall–Kier alpha value is -1.60. The second-order valence-corrected chi connectivity index (χ2v) is 4.16. The molecule has 0 bridgehead atoms. The highest BCUT2D eigenvalue weighted by atomic mass is 16.5. The first-order chi connectivity index (χ1) is 8.33. The molecule has 90 valence electrons. The predicted molar refractivity (Wildman–Crippen MR) is 65.8 cm³/mol. The number of aromatic nitrogens is 1. The van der Waals surface area contributed by atoms with Gasteiger partial charge in [0.15, 0.2) is 0 Å². The van der Waals surface area contributed by atoms with Crippen LogP contribution >= 0.6 is 0 Å². The molecule has 0 saturated carbocycles. The van der Waals surface area contributed by atoms with Crippen molar-refractivity contribution in [2.45, 2.75) is 25.9 Å².